The quantitative estimate of drug-likeness (QED) is 0.711. The standard InChI is InChI=1S/C11H10F3NOS/c12-11(13,14)8-3-5-15(6-4-8)10(16)9-2-1-7-17-9/h1-3,7H,4-6H2. The zero-order valence-electron chi connectivity index (χ0n) is 8.83. The summed E-state index contributed by atoms with van der Waals surface area (Å²) in [6, 6.07) is 3.43. The fourth-order valence-electron chi connectivity index (χ4n) is 1.67. The number of rotatable bonds is 1. The maximum Gasteiger partial charge on any atom is 0.412 e. The van der Waals surface area contributed by atoms with E-state index in [1.807, 2.05) is 0 Å². The Hall–Kier alpha value is -1.30. The second-order valence-electron chi connectivity index (χ2n) is 3.71. The molecular formula is C11H10F3NOS. The lowest BCUT2D eigenvalue weighted by molar-refractivity contribution is -0.0957. The Bertz CT molecular complexity index is 436. The molecule has 0 bridgehead atoms. The van der Waals surface area contributed by atoms with Crippen molar-refractivity contribution in [2.24, 2.45) is 0 Å². The molecule has 0 N–H and O–H groups in total. The molecule has 92 valence electrons. The lowest BCUT2D eigenvalue weighted by Gasteiger charge is -2.26. The molecule has 0 aromatic carbocycles. The molecule has 2 nitrogen and oxygen atoms in total. The Labute approximate surface area is 100 Å². The maximum atomic E-state index is 12.4. The predicted octanol–water partition coefficient (Wildman–Crippen LogP) is 3.08. The van der Waals surface area contributed by atoms with Crippen LogP contribution < -0.4 is 0 Å². The molecule has 2 rings (SSSR count). The van der Waals surface area contributed by atoms with Gasteiger partial charge in [-0.2, -0.15) is 13.2 Å². The highest BCUT2D eigenvalue weighted by Gasteiger charge is 2.35. The van der Waals surface area contributed by atoms with E-state index in [0.717, 1.165) is 6.08 Å². The number of alkyl halides is 3. The van der Waals surface area contributed by atoms with Crippen LogP contribution in [0.1, 0.15) is 16.1 Å². The van der Waals surface area contributed by atoms with Crippen LogP contribution in [-0.2, 0) is 0 Å². The van der Waals surface area contributed by atoms with Gasteiger partial charge in [0.25, 0.3) is 5.91 Å². The Morgan fingerprint density at radius 2 is 2.18 bits per heavy atom. The molecule has 1 aliphatic heterocycles. The van der Waals surface area contributed by atoms with Crippen LogP contribution in [0.3, 0.4) is 0 Å². The van der Waals surface area contributed by atoms with Crippen molar-refractivity contribution in [3.63, 3.8) is 0 Å². The van der Waals surface area contributed by atoms with E-state index in [0.29, 0.717) is 4.88 Å². The van der Waals surface area contributed by atoms with E-state index in [4.69, 9.17) is 0 Å². The zero-order valence-corrected chi connectivity index (χ0v) is 9.64. The van der Waals surface area contributed by atoms with Crippen molar-refractivity contribution in [2.75, 3.05) is 13.1 Å². The van der Waals surface area contributed by atoms with Gasteiger partial charge in [0.15, 0.2) is 0 Å². The van der Waals surface area contributed by atoms with Gasteiger partial charge < -0.3 is 4.90 Å². The lowest BCUT2D eigenvalue weighted by Crippen LogP contribution is -2.36. The van der Waals surface area contributed by atoms with E-state index in [2.05, 4.69) is 0 Å². The van der Waals surface area contributed by atoms with Crippen molar-refractivity contribution in [3.05, 3.63) is 34.0 Å². The number of halogens is 3. The van der Waals surface area contributed by atoms with E-state index in [1.54, 1.807) is 17.5 Å². The second-order valence-corrected chi connectivity index (χ2v) is 4.65. The van der Waals surface area contributed by atoms with Gasteiger partial charge in [0.1, 0.15) is 0 Å². The third-order valence-electron chi connectivity index (χ3n) is 2.59. The molecule has 0 atom stereocenters. The average molecular weight is 261 g/mol. The predicted molar refractivity (Wildman–Crippen MR) is 59.0 cm³/mol. The molecule has 17 heavy (non-hydrogen) atoms. The SMILES string of the molecule is O=C(c1cccs1)N1CC=C(C(F)(F)F)CC1. The molecule has 1 aromatic rings. The van der Waals surface area contributed by atoms with Gasteiger partial charge in [0.05, 0.1) is 4.88 Å². The van der Waals surface area contributed by atoms with Crippen LogP contribution in [0.25, 0.3) is 0 Å². The van der Waals surface area contributed by atoms with Crippen molar-refractivity contribution in [2.45, 2.75) is 12.6 Å². The molecule has 0 unspecified atom stereocenters. The second kappa shape index (κ2) is 4.52. The molecule has 0 fully saturated rings. The summed E-state index contributed by atoms with van der Waals surface area (Å²) in [6.07, 6.45) is -3.30. The van der Waals surface area contributed by atoms with Gasteiger partial charge in [-0.3, -0.25) is 4.79 Å². The summed E-state index contributed by atoms with van der Waals surface area (Å²) < 4.78 is 37.1. The molecular weight excluding hydrogens is 251 g/mol. The van der Waals surface area contributed by atoms with E-state index in [1.165, 1.54) is 16.2 Å². The maximum absolute atomic E-state index is 12.4. The van der Waals surface area contributed by atoms with Gasteiger partial charge in [-0.25, -0.2) is 0 Å². The van der Waals surface area contributed by atoms with E-state index in [-0.39, 0.29) is 25.4 Å². The first kappa shape index (κ1) is 12.2. The van der Waals surface area contributed by atoms with Crippen LogP contribution >= 0.6 is 11.3 Å². The van der Waals surface area contributed by atoms with Gasteiger partial charge in [-0.1, -0.05) is 12.1 Å². The minimum Gasteiger partial charge on any atom is -0.334 e. The number of carbonyl (C=O) groups is 1. The third-order valence-corrected chi connectivity index (χ3v) is 3.45. The molecule has 0 radical (unpaired) electrons. The summed E-state index contributed by atoms with van der Waals surface area (Å²) >= 11 is 1.30. The molecule has 0 saturated carbocycles. The molecule has 1 aromatic heterocycles. The van der Waals surface area contributed by atoms with Gasteiger partial charge in [0, 0.05) is 18.7 Å². The van der Waals surface area contributed by atoms with Crippen molar-refractivity contribution in [1.29, 1.82) is 0 Å². The van der Waals surface area contributed by atoms with Crippen LogP contribution in [0.5, 0.6) is 0 Å². The number of amides is 1. The Morgan fingerprint density at radius 1 is 1.41 bits per heavy atom. The first-order chi connectivity index (χ1) is 7.98. The molecule has 0 aliphatic carbocycles. The first-order valence-corrected chi connectivity index (χ1v) is 5.95. The Morgan fingerprint density at radius 3 is 2.65 bits per heavy atom. The summed E-state index contributed by atoms with van der Waals surface area (Å²) in [5.41, 5.74) is -0.535. The lowest BCUT2D eigenvalue weighted by atomic mass is 10.1. The topological polar surface area (TPSA) is 20.3 Å². The Kier molecular flexibility index (Phi) is 3.24. The fourth-order valence-corrected chi connectivity index (χ4v) is 2.36. The van der Waals surface area contributed by atoms with Gasteiger partial charge in [-0.05, 0) is 17.9 Å². The van der Waals surface area contributed by atoms with Crippen molar-refractivity contribution in [1.82, 2.24) is 4.90 Å². The summed E-state index contributed by atoms with van der Waals surface area (Å²) in [4.78, 5) is 13.8. The minimum absolute atomic E-state index is 0.0333. The highest BCUT2D eigenvalue weighted by Crippen LogP contribution is 2.30. The van der Waals surface area contributed by atoms with Gasteiger partial charge in [-0.15, -0.1) is 11.3 Å². The first-order valence-electron chi connectivity index (χ1n) is 5.07. The largest absolute Gasteiger partial charge is 0.412 e. The smallest absolute Gasteiger partial charge is 0.334 e. The minimum atomic E-state index is -4.27. The summed E-state index contributed by atoms with van der Waals surface area (Å²) in [5.74, 6) is -0.197. The third kappa shape index (κ3) is 2.69. The fraction of sp³-hybridized carbons (Fsp3) is 0.364. The van der Waals surface area contributed by atoms with Crippen molar-refractivity contribution in [3.8, 4) is 0 Å². The highest BCUT2D eigenvalue weighted by atomic mass is 32.1. The van der Waals surface area contributed by atoms with E-state index in [9.17, 15) is 18.0 Å². The number of thiophene rings is 1. The van der Waals surface area contributed by atoms with Crippen molar-refractivity contribution < 1.29 is 18.0 Å². The summed E-state index contributed by atoms with van der Waals surface area (Å²) in [6.45, 7) is 0.160. The van der Waals surface area contributed by atoms with Gasteiger partial charge >= 0.3 is 6.18 Å². The van der Waals surface area contributed by atoms with Crippen LogP contribution in [0.2, 0.25) is 0 Å². The summed E-state index contributed by atoms with van der Waals surface area (Å²) in [5, 5.41) is 1.77. The van der Waals surface area contributed by atoms with Gasteiger partial charge in [0.2, 0.25) is 0 Å². The highest BCUT2D eigenvalue weighted by molar-refractivity contribution is 7.12. The normalized spacial score (nSPS) is 16.9. The van der Waals surface area contributed by atoms with Crippen LogP contribution in [0.4, 0.5) is 13.2 Å². The molecule has 0 spiro atoms. The van der Waals surface area contributed by atoms with Crippen molar-refractivity contribution >= 4 is 17.2 Å². The Balaban J connectivity index is 2.05. The monoisotopic (exact) mass is 261 g/mol. The number of hydrogen-bond donors (Lipinski definition) is 0. The zero-order chi connectivity index (χ0) is 12.5. The van der Waals surface area contributed by atoms with Crippen LogP contribution in [0, 0.1) is 0 Å². The molecule has 1 amide bonds. The molecule has 1 aliphatic rings. The van der Waals surface area contributed by atoms with Crippen LogP contribution in [0.15, 0.2) is 29.2 Å². The average Bonchev–Trinajstić information content (AvgIpc) is 2.80. The molecule has 6 heteroatoms. The number of hydrogen-bond acceptors (Lipinski definition) is 2. The number of carbonyl (C=O) groups excluding carboxylic acids is 1. The number of nitrogens with zero attached hydrogens (tertiary/aromatic N) is 1. The van der Waals surface area contributed by atoms with Crippen LogP contribution in [-0.4, -0.2) is 30.1 Å². The molecule has 0 saturated heterocycles. The molecule has 2 heterocycles. The summed E-state index contributed by atoms with van der Waals surface area (Å²) in [7, 11) is 0. The van der Waals surface area contributed by atoms with E-state index >= 15 is 0 Å². The van der Waals surface area contributed by atoms with E-state index < -0.39 is 11.7 Å².